The summed E-state index contributed by atoms with van der Waals surface area (Å²) in [6.07, 6.45) is 5.15. The number of esters is 1. The minimum atomic E-state index is -0.781. The molecule has 1 unspecified atom stereocenters. The number of nitrogens with zero attached hydrogens (tertiary/aromatic N) is 3. The van der Waals surface area contributed by atoms with Crippen molar-refractivity contribution < 1.29 is 19.0 Å². The number of fused-ring (bicyclic) bond motifs is 2. The fourth-order valence-electron chi connectivity index (χ4n) is 4.45. The highest BCUT2D eigenvalue weighted by Gasteiger charge is 2.36. The molecule has 37 heavy (non-hydrogen) atoms. The number of rotatable bonds is 5. The first-order valence-electron chi connectivity index (χ1n) is 11.7. The molecule has 9 heteroatoms. The van der Waals surface area contributed by atoms with Gasteiger partial charge in [-0.05, 0) is 42.3 Å². The van der Waals surface area contributed by atoms with E-state index >= 15 is 0 Å². The van der Waals surface area contributed by atoms with Crippen LogP contribution >= 0.6 is 11.3 Å². The van der Waals surface area contributed by atoms with E-state index in [1.54, 1.807) is 42.1 Å². The Balaban J connectivity index is 1.66. The molecule has 0 saturated carbocycles. The van der Waals surface area contributed by atoms with Crippen LogP contribution in [-0.2, 0) is 9.53 Å². The van der Waals surface area contributed by atoms with Crippen LogP contribution in [0.2, 0.25) is 0 Å². The van der Waals surface area contributed by atoms with Crippen molar-refractivity contribution in [3.63, 3.8) is 0 Å². The molecule has 2 aromatic heterocycles. The van der Waals surface area contributed by atoms with Gasteiger partial charge in [-0.1, -0.05) is 53.8 Å². The molecule has 0 amide bonds. The SMILES string of the molecule is CCOC(=O)C1=C(c2ccccc2)N=c2s/c(=C\c3cccnc3)c(=O)n2C1c1ccc2c(c1)OCO2. The highest BCUT2D eigenvalue weighted by Crippen LogP contribution is 2.39. The molecule has 0 aliphatic carbocycles. The molecular weight excluding hydrogens is 490 g/mol. The number of aromatic nitrogens is 2. The fourth-order valence-corrected chi connectivity index (χ4v) is 5.45. The second kappa shape index (κ2) is 9.51. The second-order valence-corrected chi connectivity index (χ2v) is 9.34. The molecule has 4 aromatic rings. The third kappa shape index (κ3) is 4.13. The third-order valence-corrected chi connectivity index (χ3v) is 7.05. The van der Waals surface area contributed by atoms with Gasteiger partial charge in [-0.2, -0.15) is 0 Å². The molecule has 2 aliphatic rings. The normalized spacial score (nSPS) is 16.4. The Morgan fingerprint density at radius 2 is 1.97 bits per heavy atom. The Kier molecular flexibility index (Phi) is 5.90. The maximum atomic E-state index is 13.8. The number of thiazole rings is 1. The Morgan fingerprint density at radius 1 is 1.14 bits per heavy atom. The van der Waals surface area contributed by atoms with Crippen molar-refractivity contribution in [3.05, 3.63) is 115 Å². The van der Waals surface area contributed by atoms with Crippen LogP contribution in [0.15, 0.2) is 88.4 Å². The first kappa shape index (κ1) is 22.9. The van der Waals surface area contributed by atoms with Crippen molar-refractivity contribution >= 4 is 29.1 Å². The van der Waals surface area contributed by atoms with E-state index in [9.17, 15) is 9.59 Å². The minimum Gasteiger partial charge on any atom is -0.463 e. The van der Waals surface area contributed by atoms with Gasteiger partial charge in [0.2, 0.25) is 6.79 Å². The molecule has 0 N–H and O–H groups in total. The standard InChI is InChI=1S/C28H21N3O5S/c1-2-34-27(33)23-24(18-8-4-3-5-9-18)30-28-31(25(23)19-10-11-20-21(14-19)36-16-35-20)26(32)22(37-28)13-17-7-6-12-29-15-17/h3-15,25H,2,16H2,1H3/b22-13-. The van der Waals surface area contributed by atoms with Crippen molar-refractivity contribution in [3.8, 4) is 11.5 Å². The molecule has 184 valence electrons. The summed E-state index contributed by atoms with van der Waals surface area (Å²) in [5, 5.41) is 0. The van der Waals surface area contributed by atoms with Crippen molar-refractivity contribution in [2.45, 2.75) is 13.0 Å². The number of pyridine rings is 1. The van der Waals surface area contributed by atoms with Gasteiger partial charge in [0.05, 0.1) is 28.5 Å². The summed E-state index contributed by atoms with van der Waals surface area (Å²) in [7, 11) is 0. The zero-order valence-corrected chi connectivity index (χ0v) is 20.6. The van der Waals surface area contributed by atoms with Crippen LogP contribution in [0.4, 0.5) is 0 Å². The van der Waals surface area contributed by atoms with Gasteiger partial charge in [-0.15, -0.1) is 0 Å². The van der Waals surface area contributed by atoms with E-state index in [1.165, 1.54) is 11.3 Å². The van der Waals surface area contributed by atoms with E-state index in [-0.39, 0.29) is 24.5 Å². The molecule has 0 fully saturated rings. The van der Waals surface area contributed by atoms with Crippen LogP contribution in [0.3, 0.4) is 0 Å². The lowest BCUT2D eigenvalue weighted by molar-refractivity contribution is -0.138. The average Bonchev–Trinajstić information content (AvgIpc) is 3.52. The predicted molar refractivity (Wildman–Crippen MR) is 138 cm³/mol. The average molecular weight is 512 g/mol. The molecule has 2 aromatic carbocycles. The fraction of sp³-hybridized carbons (Fsp3) is 0.143. The smallest absolute Gasteiger partial charge is 0.338 e. The summed E-state index contributed by atoms with van der Waals surface area (Å²) >= 11 is 1.26. The lowest BCUT2D eigenvalue weighted by Crippen LogP contribution is -2.40. The van der Waals surface area contributed by atoms with Gasteiger partial charge in [0.15, 0.2) is 16.3 Å². The highest BCUT2D eigenvalue weighted by atomic mass is 32.1. The van der Waals surface area contributed by atoms with Gasteiger partial charge in [-0.3, -0.25) is 14.3 Å². The molecule has 6 rings (SSSR count). The van der Waals surface area contributed by atoms with Gasteiger partial charge in [0.25, 0.3) is 5.56 Å². The number of ether oxygens (including phenoxy) is 3. The summed E-state index contributed by atoms with van der Waals surface area (Å²) in [6.45, 7) is 2.05. The molecule has 1 atom stereocenters. The third-order valence-electron chi connectivity index (χ3n) is 6.07. The largest absolute Gasteiger partial charge is 0.463 e. The van der Waals surface area contributed by atoms with Crippen molar-refractivity contribution in [2.24, 2.45) is 4.99 Å². The number of benzene rings is 2. The van der Waals surface area contributed by atoms with E-state index in [0.717, 1.165) is 11.1 Å². The van der Waals surface area contributed by atoms with Crippen LogP contribution in [0.5, 0.6) is 11.5 Å². The van der Waals surface area contributed by atoms with E-state index in [2.05, 4.69) is 4.98 Å². The molecule has 0 radical (unpaired) electrons. The van der Waals surface area contributed by atoms with E-state index < -0.39 is 12.0 Å². The number of hydrogen-bond acceptors (Lipinski definition) is 8. The summed E-state index contributed by atoms with van der Waals surface area (Å²) < 4.78 is 18.6. The molecule has 0 bridgehead atoms. The minimum absolute atomic E-state index is 0.114. The lowest BCUT2D eigenvalue weighted by Gasteiger charge is -2.26. The van der Waals surface area contributed by atoms with Crippen molar-refractivity contribution in [2.75, 3.05) is 13.4 Å². The zero-order valence-electron chi connectivity index (χ0n) is 19.8. The Labute approximate surface area is 215 Å². The zero-order chi connectivity index (χ0) is 25.4. The second-order valence-electron chi connectivity index (χ2n) is 8.33. The highest BCUT2D eigenvalue weighted by molar-refractivity contribution is 7.07. The summed E-state index contributed by atoms with van der Waals surface area (Å²) in [6, 6.07) is 17.8. The first-order valence-corrected chi connectivity index (χ1v) is 12.5. The van der Waals surface area contributed by atoms with Gasteiger partial charge in [0.1, 0.15) is 0 Å². The van der Waals surface area contributed by atoms with E-state index in [0.29, 0.717) is 32.1 Å². The molecule has 8 nitrogen and oxygen atoms in total. The van der Waals surface area contributed by atoms with Gasteiger partial charge in [-0.25, -0.2) is 9.79 Å². The van der Waals surface area contributed by atoms with Crippen LogP contribution in [0.25, 0.3) is 11.8 Å². The number of carbonyl (C=O) groups is 1. The molecule has 0 saturated heterocycles. The van der Waals surface area contributed by atoms with Crippen molar-refractivity contribution in [1.29, 1.82) is 0 Å². The quantitative estimate of drug-likeness (QED) is 0.383. The molecule has 0 spiro atoms. The molecule has 2 aliphatic heterocycles. The Hall–Kier alpha value is -4.50. The first-order chi connectivity index (χ1) is 18.1. The van der Waals surface area contributed by atoms with E-state index in [1.807, 2.05) is 48.5 Å². The molecular formula is C28H21N3O5S. The van der Waals surface area contributed by atoms with Crippen LogP contribution in [-0.4, -0.2) is 28.9 Å². The van der Waals surface area contributed by atoms with Gasteiger partial charge >= 0.3 is 5.97 Å². The lowest BCUT2D eigenvalue weighted by atomic mass is 9.93. The number of carbonyl (C=O) groups excluding carboxylic acids is 1. The van der Waals surface area contributed by atoms with Crippen LogP contribution < -0.4 is 24.4 Å². The monoisotopic (exact) mass is 511 g/mol. The van der Waals surface area contributed by atoms with Crippen LogP contribution in [0, 0.1) is 0 Å². The Morgan fingerprint density at radius 3 is 2.76 bits per heavy atom. The van der Waals surface area contributed by atoms with E-state index in [4.69, 9.17) is 19.2 Å². The maximum Gasteiger partial charge on any atom is 0.338 e. The Bertz CT molecular complexity index is 1710. The van der Waals surface area contributed by atoms with Gasteiger partial charge in [0, 0.05) is 18.0 Å². The molecule has 4 heterocycles. The predicted octanol–water partition coefficient (Wildman–Crippen LogP) is 3.06. The summed E-state index contributed by atoms with van der Waals surface area (Å²) in [5.41, 5.74) is 2.72. The number of hydrogen-bond donors (Lipinski definition) is 0. The maximum absolute atomic E-state index is 13.8. The van der Waals surface area contributed by atoms with Crippen molar-refractivity contribution in [1.82, 2.24) is 9.55 Å². The summed E-state index contributed by atoms with van der Waals surface area (Å²) in [5.74, 6) is 0.628. The summed E-state index contributed by atoms with van der Waals surface area (Å²) in [4.78, 5) is 36.8. The van der Waals surface area contributed by atoms with Crippen LogP contribution in [0.1, 0.15) is 29.7 Å². The van der Waals surface area contributed by atoms with Gasteiger partial charge < -0.3 is 14.2 Å². The topological polar surface area (TPSA) is 92.0 Å².